The van der Waals surface area contributed by atoms with Crippen molar-refractivity contribution in [1.82, 2.24) is 14.7 Å². The fourth-order valence-corrected chi connectivity index (χ4v) is 4.11. The van der Waals surface area contributed by atoms with Gasteiger partial charge in [0, 0.05) is 25.7 Å². The van der Waals surface area contributed by atoms with Gasteiger partial charge in [0.1, 0.15) is 5.69 Å². The Morgan fingerprint density at radius 3 is 2.54 bits per heavy atom. The lowest BCUT2D eigenvalue weighted by molar-refractivity contribution is -0.143. The number of aromatic nitrogens is 2. The number of likely N-dealkylation sites (tertiary alicyclic amines) is 1. The molecule has 1 aliphatic heterocycles. The van der Waals surface area contributed by atoms with Crippen molar-refractivity contribution >= 4 is 11.9 Å². The van der Waals surface area contributed by atoms with Crippen molar-refractivity contribution in [3.63, 3.8) is 0 Å². The molecule has 2 heterocycles. The second-order valence-corrected chi connectivity index (χ2v) is 7.34. The molecule has 6 heteroatoms. The number of carbonyl (C=O) groups is 2. The summed E-state index contributed by atoms with van der Waals surface area (Å²) >= 11 is 0. The highest BCUT2D eigenvalue weighted by Crippen LogP contribution is 2.59. The van der Waals surface area contributed by atoms with Crippen molar-refractivity contribution in [3.05, 3.63) is 42.1 Å². The lowest BCUT2D eigenvalue weighted by Crippen LogP contribution is -2.40. The number of hydrogen-bond acceptors (Lipinski definition) is 4. The Bertz CT molecular complexity index is 835. The molecule has 1 aromatic heterocycles. The van der Waals surface area contributed by atoms with Crippen LogP contribution in [-0.4, -0.2) is 46.8 Å². The number of benzene rings is 1. The topological polar surface area (TPSA) is 64.4 Å². The summed E-state index contributed by atoms with van der Waals surface area (Å²) in [5, 5.41) is 4.49. The van der Waals surface area contributed by atoms with Gasteiger partial charge >= 0.3 is 5.97 Å². The van der Waals surface area contributed by atoms with E-state index in [0.717, 1.165) is 30.5 Å². The number of esters is 1. The van der Waals surface area contributed by atoms with E-state index in [0.29, 0.717) is 18.8 Å². The van der Waals surface area contributed by atoms with Gasteiger partial charge in [-0.25, -0.2) is 0 Å². The van der Waals surface area contributed by atoms with E-state index in [1.165, 1.54) is 7.11 Å². The number of amides is 1. The predicted octanol–water partition coefficient (Wildman–Crippen LogP) is 2.50. The molecule has 1 aromatic carbocycles. The van der Waals surface area contributed by atoms with Crippen LogP contribution in [0.2, 0.25) is 0 Å². The van der Waals surface area contributed by atoms with Crippen molar-refractivity contribution in [1.29, 1.82) is 0 Å². The average molecular weight is 353 g/mol. The molecule has 1 saturated carbocycles. The standard InChI is InChI=1S/C20H23N3O3/c1-22-17(12-16(21-22)14-6-4-3-5-7-14)18(24)23-10-8-20(9-11-23)13-15(20)19(25)26-2/h3-7,12,15H,8-11,13H2,1-2H3. The summed E-state index contributed by atoms with van der Waals surface area (Å²) in [6.45, 7) is 1.36. The molecule has 6 nitrogen and oxygen atoms in total. The van der Waals surface area contributed by atoms with Crippen LogP contribution in [0.25, 0.3) is 11.3 Å². The van der Waals surface area contributed by atoms with Gasteiger partial charge in [-0.2, -0.15) is 5.10 Å². The average Bonchev–Trinajstić information content (AvgIpc) is 3.23. The maximum absolute atomic E-state index is 12.9. The van der Waals surface area contributed by atoms with Gasteiger partial charge in [-0.3, -0.25) is 14.3 Å². The lowest BCUT2D eigenvalue weighted by Gasteiger charge is -2.32. The number of methoxy groups -OCH3 is 1. The van der Waals surface area contributed by atoms with E-state index in [-0.39, 0.29) is 23.2 Å². The number of piperidine rings is 1. The summed E-state index contributed by atoms with van der Waals surface area (Å²) in [6.07, 6.45) is 2.62. The zero-order valence-corrected chi connectivity index (χ0v) is 15.1. The monoisotopic (exact) mass is 353 g/mol. The molecule has 1 saturated heterocycles. The number of hydrogen-bond donors (Lipinski definition) is 0. The summed E-state index contributed by atoms with van der Waals surface area (Å²) in [7, 11) is 3.25. The quantitative estimate of drug-likeness (QED) is 0.796. The zero-order chi connectivity index (χ0) is 18.3. The molecular weight excluding hydrogens is 330 g/mol. The summed E-state index contributed by atoms with van der Waals surface area (Å²) in [4.78, 5) is 26.6. The minimum atomic E-state index is -0.107. The van der Waals surface area contributed by atoms with Crippen LogP contribution in [0.1, 0.15) is 29.8 Å². The van der Waals surface area contributed by atoms with Gasteiger partial charge in [-0.1, -0.05) is 30.3 Å². The van der Waals surface area contributed by atoms with Crippen molar-refractivity contribution in [2.45, 2.75) is 19.3 Å². The third-order valence-corrected chi connectivity index (χ3v) is 5.89. The molecule has 1 amide bonds. The molecule has 0 bridgehead atoms. The smallest absolute Gasteiger partial charge is 0.309 e. The van der Waals surface area contributed by atoms with Crippen LogP contribution in [-0.2, 0) is 16.6 Å². The minimum absolute atomic E-state index is 0.00676. The largest absolute Gasteiger partial charge is 0.469 e. The molecule has 4 rings (SSSR count). The molecule has 0 N–H and O–H groups in total. The third kappa shape index (κ3) is 2.79. The molecule has 0 radical (unpaired) electrons. The molecule has 1 unspecified atom stereocenters. The fourth-order valence-electron chi connectivity index (χ4n) is 4.11. The molecule has 2 aromatic rings. The zero-order valence-electron chi connectivity index (χ0n) is 15.1. The van der Waals surface area contributed by atoms with Crippen molar-refractivity contribution in [2.24, 2.45) is 18.4 Å². The molecule has 136 valence electrons. The molecule has 26 heavy (non-hydrogen) atoms. The normalized spacial score (nSPS) is 20.8. The SMILES string of the molecule is COC(=O)C1CC12CCN(C(=O)c1cc(-c3ccccc3)nn1C)CC2. The second kappa shape index (κ2) is 6.27. The van der Waals surface area contributed by atoms with Gasteiger partial charge in [0.15, 0.2) is 0 Å². The second-order valence-electron chi connectivity index (χ2n) is 7.34. The maximum atomic E-state index is 12.9. The van der Waals surface area contributed by atoms with Gasteiger partial charge in [0.25, 0.3) is 5.91 Å². The van der Waals surface area contributed by atoms with Crippen LogP contribution in [0.5, 0.6) is 0 Å². The van der Waals surface area contributed by atoms with Crippen molar-refractivity contribution in [2.75, 3.05) is 20.2 Å². The van der Waals surface area contributed by atoms with Gasteiger partial charge in [0.05, 0.1) is 18.7 Å². The molecule has 2 aliphatic rings. The first-order chi connectivity index (χ1) is 12.5. The van der Waals surface area contributed by atoms with E-state index in [4.69, 9.17) is 4.74 Å². The highest BCUT2D eigenvalue weighted by molar-refractivity contribution is 5.94. The minimum Gasteiger partial charge on any atom is -0.469 e. The molecule has 2 fully saturated rings. The van der Waals surface area contributed by atoms with Gasteiger partial charge in [0.2, 0.25) is 0 Å². The van der Waals surface area contributed by atoms with Crippen LogP contribution < -0.4 is 0 Å². The molecule has 1 spiro atoms. The fraction of sp³-hybridized carbons (Fsp3) is 0.450. The summed E-state index contributed by atoms with van der Waals surface area (Å²) in [5.41, 5.74) is 2.46. The Morgan fingerprint density at radius 2 is 1.88 bits per heavy atom. The number of carbonyl (C=O) groups excluding carboxylic acids is 2. The van der Waals surface area contributed by atoms with Crippen LogP contribution in [0.3, 0.4) is 0 Å². The highest BCUT2D eigenvalue weighted by Gasteiger charge is 2.59. The first-order valence-corrected chi connectivity index (χ1v) is 9.01. The summed E-state index contributed by atoms with van der Waals surface area (Å²) in [6, 6.07) is 11.7. The maximum Gasteiger partial charge on any atom is 0.309 e. The molecule has 1 atom stereocenters. The number of rotatable bonds is 3. The Balaban J connectivity index is 1.45. The van der Waals surface area contributed by atoms with E-state index >= 15 is 0 Å². The lowest BCUT2D eigenvalue weighted by atomic mass is 9.90. The highest BCUT2D eigenvalue weighted by atomic mass is 16.5. The first-order valence-electron chi connectivity index (χ1n) is 9.01. The van der Waals surface area contributed by atoms with Crippen molar-refractivity contribution < 1.29 is 14.3 Å². The van der Waals surface area contributed by atoms with E-state index < -0.39 is 0 Å². The first kappa shape index (κ1) is 16.8. The van der Waals surface area contributed by atoms with E-state index in [2.05, 4.69) is 5.10 Å². The summed E-state index contributed by atoms with van der Waals surface area (Å²) < 4.78 is 6.53. The molecular formula is C20H23N3O3. The third-order valence-electron chi connectivity index (χ3n) is 5.89. The van der Waals surface area contributed by atoms with E-state index in [1.54, 1.807) is 11.7 Å². The van der Waals surface area contributed by atoms with Gasteiger partial charge in [-0.15, -0.1) is 0 Å². The van der Waals surface area contributed by atoms with E-state index in [9.17, 15) is 9.59 Å². The van der Waals surface area contributed by atoms with Crippen LogP contribution >= 0.6 is 0 Å². The number of aryl methyl sites for hydroxylation is 1. The Kier molecular flexibility index (Phi) is 4.05. The van der Waals surface area contributed by atoms with Gasteiger partial charge in [-0.05, 0) is 30.7 Å². The van der Waals surface area contributed by atoms with Crippen LogP contribution in [0.4, 0.5) is 0 Å². The van der Waals surface area contributed by atoms with Crippen LogP contribution in [0.15, 0.2) is 36.4 Å². The van der Waals surface area contributed by atoms with Crippen LogP contribution in [0, 0.1) is 11.3 Å². The van der Waals surface area contributed by atoms with E-state index in [1.807, 2.05) is 41.3 Å². The van der Waals surface area contributed by atoms with Crippen molar-refractivity contribution in [3.8, 4) is 11.3 Å². The number of ether oxygens (including phenoxy) is 1. The Morgan fingerprint density at radius 1 is 1.19 bits per heavy atom. The Hall–Kier alpha value is -2.63. The predicted molar refractivity (Wildman–Crippen MR) is 96.3 cm³/mol. The molecule has 1 aliphatic carbocycles. The van der Waals surface area contributed by atoms with Gasteiger partial charge < -0.3 is 9.64 Å². The summed E-state index contributed by atoms with van der Waals surface area (Å²) in [5.74, 6) is -0.0812. The number of nitrogens with zero attached hydrogens (tertiary/aromatic N) is 3. The Labute approximate surface area is 152 Å².